The van der Waals surface area contributed by atoms with Crippen LogP contribution in [0.15, 0.2) is 24.3 Å². The van der Waals surface area contributed by atoms with Crippen molar-refractivity contribution in [2.45, 2.75) is 31.7 Å². The van der Waals surface area contributed by atoms with Crippen molar-refractivity contribution in [3.8, 4) is 5.75 Å². The monoisotopic (exact) mass is 398 g/mol. The van der Waals surface area contributed by atoms with E-state index in [1.165, 1.54) is 16.4 Å². The van der Waals surface area contributed by atoms with Gasteiger partial charge >= 0.3 is 6.36 Å². The standard InChI is InChI=1S/C15H18ClF3N2O3S/c16-25(22,23)21-9-6-14(7-10-21)5-8-20-13(14)11-1-3-12(4-2-11)24-15(17,18)19/h1-4,13,20H,5-10H2. The molecule has 2 saturated heterocycles. The highest BCUT2D eigenvalue weighted by atomic mass is 35.7. The Kier molecular flexibility index (Phi) is 4.95. The Balaban J connectivity index is 1.74. The van der Waals surface area contributed by atoms with Crippen LogP contribution in [0.2, 0.25) is 0 Å². The number of nitrogens with zero attached hydrogens (tertiary/aromatic N) is 1. The van der Waals surface area contributed by atoms with Crippen molar-refractivity contribution in [1.29, 1.82) is 0 Å². The number of alkyl halides is 3. The first kappa shape index (κ1) is 18.8. The van der Waals surface area contributed by atoms with Gasteiger partial charge in [-0.05, 0) is 48.9 Å². The second-order valence-electron chi connectivity index (χ2n) is 6.46. The molecule has 2 heterocycles. The Bertz CT molecular complexity index is 717. The molecule has 1 spiro atoms. The smallest absolute Gasteiger partial charge is 0.406 e. The number of hydrogen-bond acceptors (Lipinski definition) is 4. The lowest BCUT2D eigenvalue weighted by atomic mass is 9.71. The molecule has 1 unspecified atom stereocenters. The van der Waals surface area contributed by atoms with E-state index in [1.54, 1.807) is 12.1 Å². The van der Waals surface area contributed by atoms with Crippen molar-refractivity contribution in [3.63, 3.8) is 0 Å². The van der Waals surface area contributed by atoms with E-state index in [0.29, 0.717) is 25.9 Å². The molecule has 1 N–H and O–H groups in total. The third-order valence-electron chi connectivity index (χ3n) is 5.06. The molecular formula is C15H18ClF3N2O3S. The molecule has 3 rings (SSSR count). The second-order valence-corrected chi connectivity index (χ2v) is 8.97. The minimum Gasteiger partial charge on any atom is -0.406 e. The van der Waals surface area contributed by atoms with E-state index in [1.807, 2.05) is 0 Å². The van der Waals surface area contributed by atoms with Gasteiger partial charge in [0.05, 0.1) is 0 Å². The Morgan fingerprint density at radius 2 is 1.76 bits per heavy atom. The van der Waals surface area contributed by atoms with Gasteiger partial charge in [0.1, 0.15) is 5.75 Å². The zero-order valence-corrected chi connectivity index (χ0v) is 14.8. The summed E-state index contributed by atoms with van der Waals surface area (Å²) in [5.41, 5.74) is 0.749. The summed E-state index contributed by atoms with van der Waals surface area (Å²) in [6.45, 7) is 1.47. The number of piperidine rings is 1. The van der Waals surface area contributed by atoms with E-state index in [2.05, 4.69) is 10.1 Å². The highest BCUT2D eigenvalue weighted by molar-refractivity contribution is 8.11. The molecule has 5 nitrogen and oxygen atoms in total. The Hall–Kier alpha value is -1.03. The molecule has 2 fully saturated rings. The van der Waals surface area contributed by atoms with Crippen LogP contribution in [0.3, 0.4) is 0 Å². The van der Waals surface area contributed by atoms with Crippen molar-refractivity contribution in [2.75, 3.05) is 19.6 Å². The van der Waals surface area contributed by atoms with Crippen LogP contribution in [0, 0.1) is 5.41 Å². The number of hydrogen-bond donors (Lipinski definition) is 1. The molecule has 0 radical (unpaired) electrons. The van der Waals surface area contributed by atoms with E-state index in [0.717, 1.165) is 18.5 Å². The molecule has 0 saturated carbocycles. The third kappa shape index (κ3) is 4.21. The first-order valence-corrected chi connectivity index (χ1v) is 10.1. The van der Waals surface area contributed by atoms with Crippen molar-refractivity contribution in [2.24, 2.45) is 5.41 Å². The molecular weight excluding hydrogens is 381 g/mol. The molecule has 2 aliphatic rings. The van der Waals surface area contributed by atoms with Crippen LogP contribution in [-0.2, 0) is 9.24 Å². The number of halogens is 4. The van der Waals surface area contributed by atoms with Crippen molar-refractivity contribution in [3.05, 3.63) is 29.8 Å². The van der Waals surface area contributed by atoms with Crippen molar-refractivity contribution >= 4 is 19.9 Å². The van der Waals surface area contributed by atoms with Crippen LogP contribution in [0.5, 0.6) is 5.75 Å². The summed E-state index contributed by atoms with van der Waals surface area (Å²) in [6.07, 6.45) is -2.53. The summed E-state index contributed by atoms with van der Waals surface area (Å²) in [7, 11) is 1.69. The summed E-state index contributed by atoms with van der Waals surface area (Å²) in [4.78, 5) is 0. The lowest BCUT2D eigenvalue weighted by Gasteiger charge is -2.41. The Morgan fingerprint density at radius 3 is 2.28 bits per heavy atom. The summed E-state index contributed by atoms with van der Waals surface area (Å²) >= 11 is 0. The number of ether oxygens (including phenoxy) is 1. The zero-order valence-electron chi connectivity index (χ0n) is 13.2. The van der Waals surface area contributed by atoms with E-state index in [-0.39, 0.29) is 17.2 Å². The quantitative estimate of drug-likeness (QED) is 0.794. The topological polar surface area (TPSA) is 58.6 Å². The molecule has 0 aliphatic carbocycles. The molecule has 1 aromatic rings. The second kappa shape index (κ2) is 6.61. The first-order valence-electron chi connectivity index (χ1n) is 7.88. The van der Waals surface area contributed by atoms with Crippen LogP contribution < -0.4 is 10.1 Å². The van der Waals surface area contributed by atoms with Gasteiger partial charge in [-0.3, -0.25) is 0 Å². The maximum atomic E-state index is 12.3. The molecule has 1 atom stereocenters. The molecule has 1 aromatic carbocycles. The highest BCUT2D eigenvalue weighted by Gasteiger charge is 2.46. The molecule has 10 heteroatoms. The van der Waals surface area contributed by atoms with Crippen LogP contribution >= 0.6 is 10.7 Å². The van der Waals surface area contributed by atoms with Crippen molar-refractivity contribution in [1.82, 2.24) is 9.62 Å². The first-order chi connectivity index (χ1) is 11.6. The molecule has 0 aromatic heterocycles. The Morgan fingerprint density at radius 1 is 1.16 bits per heavy atom. The summed E-state index contributed by atoms with van der Waals surface area (Å²) < 4.78 is 64.9. The lowest BCUT2D eigenvalue weighted by molar-refractivity contribution is -0.274. The highest BCUT2D eigenvalue weighted by Crippen LogP contribution is 2.49. The SMILES string of the molecule is O=S(=O)(Cl)N1CCC2(CCNC2c2ccc(OC(F)(F)F)cc2)CC1. The van der Waals surface area contributed by atoms with Gasteiger partial charge in [0.15, 0.2) is 0 Å². The summed E-state index contributed by atoms with van der Waals surface area (Å²) in [6, 6.07) is 5.81. The van der Waals surface area contributed by atoms with Gasteiger partial charge < -0.3 is 10.1 Å². The summed E-state index contributed by atoms with van der Waals surface area (Å²) in [5.74, 6) is -0.258. The summed E-state index contributed by atoms with van der Waals surface area (Å²) in [5, 5.41) is 3.39. The van der Waals surface area contributed by atoms with Crippen LogP contribution in [0.25, 0.3) is 0 Å². The lowest BCUT2D eigenvalue weighted by Crippen LogP contribution is -2.43. The zero-order chi connectivity index (χ0) is 18.3. The van der Waals surface area contributed by atoms with Crippen LogP contribution in [0.4, 0.5) is 13.2 Å². The van der Waals surface area contributed by atoms with E-state index in [9.17, 15) is 21.6 Å². The van der Waals surface area contributed by atoms with E-state index in [4.69, 9.17) is 10.7 Å². The van der Waals surface area contributed by atoms with Gasteiger partial charge in [-0.15, -0.1) is 13.2 Å². The van der Waals surface area contributed by atoms with Gasteiger partial charge in [0.2, 0.25) is 0 Å². The number of nitrogens with one attached hydrogen (secondary N) is 1. The Labute approximate surface area is 148 Å². The van der Waals surface area contributed by atoms with Gasteiger partial charge in [0, 0.05) is 29.8 Å². The number of benzene rings is 1. The maximum absolute atomic E-state index is 12.3. The number of rotatable bonds is 3. The van der Waals surface area contributed by atoms with Gasteiger partial charge in [0.25, 0.3) is 9.24 Å². The fourth-order valence-corrected chi connectivity index (χ4v) is 4.88. The predicted octanol–water partition coefficient (Wildman–Crippen LogP) is 3.19. The molecule has 0 amide bonds. The molecule has 140 valence electrons. The van der Waals surface area contributed by atoms with Gasteiger partial charge in [-0.25, -0.2) is 0 Å². The van der Waals surface area contributed by atoms with Gasteiger partial charge in [-0.1, -0.05) is 12.1 Å². The average Bonchev–Trinajstić information content (AvgIpc) is 2.89. The fraction of sp³-hybridized carbons (Fsp3) is 0.600. The van der Waals surface area contributed by atoms with Crippen LogP contribution in [-0.4, -0.2) is 38.7 Å². The largest absolute Gasteiger partial charge is 0.573 e. The minimum atomic E-state index is -4.71. The molecule has 2 aliphatic heterocycles. The average molecular weight is 399 g/mol. The minimum absolute atomic E-state index is 0.0346. The van der Waals surface area contributed by atoms with E-state index < -0.39 is 15.6 Å². The van der Waals surface area contributed by atoms with Gasteiger partial charge in [-0.2, -0.15) is 12.7 Å². The van der Waals surface area contributed by atoms with Crippen molar-refractivity contribution < 1.29 is 26.3 Å². The third-order valence-corrected chi connectivity index (χ3v) is 6.62. The predicted molar refractivity (Wildman–Crippen MR) is 86.5 cm³/mol. The molecule has 0 bridgehead atoms. The maximum Gasteiger partial charge on any atom is 0.573 e. The normalized spacial score (nSPS) is 24.6. The van der Waals surface area contributed by atoms with Crippen LogP contribution in [0.1, 0.15) is 30.9 Å². The van der Waals surface area contributed by atoms with E-state index >= 15 is 0 Å². The molecule has 25 heavy (non-hydrogen) atoms. The fourth-order valence-electron chi connectivity index (χ4n) is 3.85.